The number of aliphatic hydroxyl groups excluding tert-OH is 1. The largest absolute Gasteiger partial charge is 0.491 e. The van der Waals surface area contributed by atoms with E-state index in [0.29, 0.717) is 19.2 Å². The van der Waals surface area contributed by atoms with E-state index < -0.39 is 6.10 Å². The monoisotopic (exact) mass is 311 g/mol. The molecule has 1 aromatic rings. The fourth-order valence-corrected chi connectivity index (χ4v) is 3.04. The lowest BCUT2D eigenvalue weighted by Gasteiger charge is -2.34. The number of ether oxygens (including phenoxy) is 1. The van der Waals surface area contributed by atoms with Crippen molar-refractivity contribution in [1.82, 2.24) is 4.90 Å². The Balaban J connectivity index is 1.85. The quantitative estimate of drug-likeness (QED) is 0.902. The van der Waals surface area contributed by atoms with E-state index in [2.05, 4.69) is 11.8 Å². The number of β-amino-alcohol motifs (C(OH)–C–C–N with tert-alkyl or cyclic N) is 1. The van der Waals surface area contributed by atoms with Gasteiger partial charge in [-0.2, -0.15) is 0 Å². The highest BCUT2D eigenvalue weighted by molar-refractivity contribution is 6.32. The van der Waals surface area contributed by atoms with Crippen LogP contribution in [0.3, 0.4) is 0 Å². The molecule has 1 N–H and O–H groups in total. The van der Waals surface area contributed by atoms with Crippen LogP contribution in [0.25, 0.3) is 0 Å². The Hall–Kier alpha value is -0.770. The summed E-state index contributed by atoms with van der Waals surface area (Å²) in [4.78, 5) is 2.36. The van der Waals surface area contributed by atoms with Gasteiger partial charge in [0, 0.05) is 17.6 Å². The van der Waals surface area contributed by atoms with Gasteiger partial charge in [0.05, 0.1) is 0 Å². The predicted octanol–water partition coefficient (Wildman–Crippen LogP) is 3.57. The summed E-state index contributed by atoms with van der Waals surface area (Å²) in [6, 6.07) is 4.41. The van der Waals surface area contributed by atoms with Gasteiger partial charge in [0.2, 0.25) is 0 Å². The number of hydrogen-bond acceptors (Lipinski definition) is 3. The first-order valence-electron chi connectivity index (χ1n) is 7.79. The smallest absolute Gasteiger partial charge is 0.120 e. The molecule has 0 aromatic heterocycles. The van der Waals surface area contributed by atoms with Crippen molar-refractivity contribution in [2.45, 2.75) is 52.2 Å². The minimum atomic E-state index is -0.457. The maximum absolute atomic E-state index is 10.2. The maximum Gasteiger partial charge on any atom is 0.120 e. The summed E-state index contributed by atoms with van der Waals surface area (Å²) in [7, 11) is 0. The van der Waals surface area contributed by atoms with Gasteiger partial charge in [0.25, 0.3) is 0 Å². The van der Waals surface area contributed by atoms with Crippen LogP contribution in [0.2, 0.25) is 5.02 Å². The van der Waals surface area contributed by atoms with Gasteiger partial charge in [-0.1, -0.05) is 18.0 Å². The SMILES string of the molecule is Cc1cc(OC[C@H](O)CN2CCCC[C@@H]2C)cc(C)c1Cl. The van der Waals surface area contributed by atoms with Crippen LogP contribution < -0.4 is 4.74 Å². The highest BCUT2D eigenvalue weighted by atomic mass is 35.5. The number of piperidine rings is 1. The Morgan fingerprint density at radius 2 is 2.00 bits per heavy atom. The van der Waals surface area contributed by atoms with E-state index in [1.165, 1.54) is 19.3 Å². The summed E-state index contributed by atoms with van der Waals surface area (Å²) < 4.78 is 5.73. The number of likely N-dealkylation sites (tertiary alicyclic amines) is 1. The summed E-state index contributed by atoms with van der Waals surface area (Å²) in [6.45, 7) is 8.26. The van der Waals surface area contributed by atoms with Crippen molar-refractivity contribution in [3.05, 3.63) is 28.3 Å². The number of aliphatic hydroxyl groups is 1. The lowest BCUT2D eigenvalue weighted by Crippen LogP contribution is -2.43. The van der Waals surface area contributed by atoms with E-state index in [0.717, 1.165) is 28.4 Å². The van der Waals surface area contributed by atoms with E-state index in [1.54, 1.807) is 0 Å². The number of nitrogens with zero attached hydrogens (tertiary/aromatic N) is 1. The Kier molecular flexibility index (Phi) is 5.91. The van der Waals surface area contributed by atoms with Gasteiger partial charge in [0.15, 0.2) is 0 Å². The highest BCUT2D eigenvalue weighted by Crippen LogP contribution is 2.26. The molecule has 0 spiro atoms. The molecule has 1 heterocycles. The molecular formula is C17H26ClNO2. The van der Waals surface area contributed by atoms with Gasteiger partial charge < -0.3 is 9.84 Å². The number of halogens is 1. The summed E-state index contributed by atoms with van der Waals surface area (Å²) in [5, 5.41) is 11.0. The first-order valence-corrected chi connectivity index (χ1v) is 8.17. The predicted molar refractivity (Wildman–Crippen MR) is 87.3 cm³/mol. The van der Waals surface area contributed by atoms with Crippen LogP contribution in [-0.4, -0.2) is 41.8 Å². The molecule has 1 saturated heterocycles. The van der Waals surface area contributed by atoms with Crippen LogP contribution in [-0.2, 0) is 0 Å². The second-order valence-electron chi connectivity index (χ2n) is 6.18. The van der Waals surface area contributed by atoms with Crippen LogP contribution >= 0.6 is 11.6 Å². The molecule has 3 nitrogen and oxygen atoms in total. The van der Waals surface area contributed by atoms with Crippen molar-refractivity contribution in [1.29, 1.82) is 0 Å². The van der Waals surface area contributed by atoms with Crippen LogP contribution in [0, 0.1) is 13.8 Å². The fraction of sp³-hybridized carbons (Fsp3) is 0.647. The Morgan fingerprint density at radius 1 is 1.33 bits per heavy atom. The molecule has 0 bridgehead atoms. The molecule has 1 aliphatic rings. The molecule has 1 fully saturated rings. The number of benzene rings is 1. The summed E-state index contributed by atoms with van der Waals surface area (Å²) in [5.74, 6) is 0.778. The number of aryl methyl sites for hydroxylation is 2. The maximum atomic E-state index is 10.2. The summed E-state index contributed by atoms with van der Waals surface area (Å²) >= 11 is 6.15. The Morgan fingerprint density at radius 3 is 2.62 bits per heavy atom. The minimum Gasteiger partial charge on any atom is -0.491 e. The normalized spacial score (nSPS) is 21.3. The Labute approximate surface area is 132 Å². The lowest BCUT2D eigenvalue weighted by atomic mass is 10.0. The third kappa shape index (κ3) is 4.60. The van der Waals surface area contributed by atoms with Crippen LogP contribution in [0.4, 0.5) is 0 Å². The molecule has 2 atom stereocenters. The standard InChI is InChI=1S/C17H26ClNO2/c1-12-8-16(9-13(2)17(12)18)21-11-15(20)10-19-7-5-4-6-14(19)3/h8-9,14-15,20H,4-7,10-11H2,1-3H3/t14-,15+/m0/s1. The second kappa shape index (κ2) is 7.48. The van der Waals surface area contributed by atoms with Crippen molar-refractivity contribution >= 4 is 11.6 Å². The van der Waals surface area contributed by atoms with E-state index in [4.69, 9.17) is 16.3 Å². The van der Waals surface area contributed by atoms with Crippen LogP contribution in [0.1, 0.15) is 37.3 Å². The zero-order valence-electron chi connectivity index (χ0n) is 13.2. The molecule has 0 amide bonds. The molecule has 0 aliphatic carbocycles. The molecule has 4 heteroatoms. The van der Waals surface area contributed by atoms with E-state index in [1.807, 2.05) is 26.0 Å². The van der Waals surface area contributed by atoms with Crippen molar-refractivity contribution in [2.75, 3.05) is 19.7 Å². The highest BCUT2D eigenvalue weighted by Gasteiger charge is 2.21. The summed E-state index contributed by atoms with van der Waals surface area (Å²) in [5.41, 5.74) is 2.01. The average molecular weight is 312 g/mol. The number of hydrogen-bond donors (Lipinski definition) is 1. The van der Waals surface area contributed by atoms with Crippen LogP contribution in [0.5, 0.6) is 5.75 Å². The van der Waals surface area contributed by atoms with Gasteiger partial charge >= 0.3 is 0 Å². The van der Waals surface area contributed by atoms with Crippen molar-refractivity contribution in [2.24, 2.45) is 0 Å². The topological polar surface area (TPSA) is 32.7 Å². The molecule has 1 aromatic carbocycles. The molecule has 118 valence electrons. The summed E-state index contributed by atoms with van der Waals surface area (Å²) in [6.07, 6.45) is 3.30. The molecule has 1 aliphatic heterocycles. The molecule has 0 unspecified atom stereocenters. The molecule has 2 rings (SSSR count). The first kappa shape index (κ1) is 16.6. The zero-order valence-corrected chi connectivity index (χ0v) is 14.0. The molecule has 0 saturated carbocycles. The van der Waals surface area contributed by atoms with E-state index >= 15 is 0 Å². The fourth-order valence-electron chi connectivity index (χ4n) is 2.93. The van der Waals surface area contributed by atoms with Gasteiger partial charge in [-0.25, -0.2) is 0 Å². The van der Waals surface area contributed by atoms with Crippen molar-refractivity contribution < 1.29 is 9.84 Å². The van der Waals surface area contributed by atoms with Gasteiger partial charge in [-0.05, 0) is 63.4 Å². The third-order valence-corrected chi connectivity index (χ3v) is 4.83. The van der Waals surface area contributed by atoms with Crippen LogP contribution in [0.15, 0.2) is 12.1 Å². The van der Waals surface area contributed by atoms with Gasteiger partial charge in [-0.15, -0.1) is 0 Å². The molecule has 0 radical (unpaired) electrons. The van der Waals surface area contributed by atoms with Gasteiger partial charge in [0.1, 0.15) is 18.5 Å². The second-order valence-corrected chi connectivity index (χ2v) is 6.55. The van der Waals surface area contributed by atoms with Crippen molar-refractivity contribution in [3.8, 4) is 5.75 Å². The molecule has 21 heavy (non-hydrogen) atoms. The van der Waals surface area contributed by atoms with Gasteiger partial charge in [-0.3, -0.25) is 4.90 Å². The van der Waals surface area contributed by atoms with E-state index in [-0.39, 0.29) is 0 Å². The molecular weight excluding hydrogens is 286 g/mol. The van der Waals surface area contributed by atoms with Crippen molar-refractivity contribution in [3.63, 3.8) is 0 Å². The first-order chi connectivity index (χ1) is 9.97. The third-order valence-electron chi connectivity index (χ3n) is 4.24. The Bertz CT molecular complexity index is 455. The zero-order chi connectivity index (χ0) is 15.4. The lowest BCUT2D eigenvalue weighted by molar-refractivity contribution is 0.0437. The average Bonchev–Trinajstić information content (AvgIpc) is 2.45. The minimum absolute atomic E-state index is 0.323. The number of rotatable bonds is 5. The van der Waals surface area contributed by atoms with E-state index in [9.17, 15) is 5.11 Å².